The summed E-state index contributed by atoms with van der Waals surface area (Å²) < 4.78 is 0. The zero-order chi connectivity index (χ0) is 13.6. The van der Waals surface area contributed by atoms with Crippen LogP contribution in [0.2, 0.25) is 5.02 Å². The molecule has 1 aromatic rings. The molecule has 0 aromatic heterocycles. The van der Waals surface area contributed by atoms with Crippen molar-refractivity contribution in [2.24, 2.45) is 11.3 Å². The molecule has 1 atom stereocenters. The summed E-state index contributed by atoms with van der Waals surface area (Å²) in [7, 11) is 0. The van der Waals surface area contributed by atoms with Crippen LogP contribution in [0.4, 0.5) is 0 Å². The standard InChI is InChI=1S/C11H20.C6H5Cl/c1-9-5-7-10(8-6-9)11(2,3)4;7-6-4-2-1-3-5-6/h5,10H,6-8H2,1-4H3;1-5H. The van der Waals surface area contributed by atoms with E-state index in [4.69, 9.17) is 11.6 Å². The lowest BCUT2D eigenvalue weighted by Gasteiger charge is -2.32. The average Bonchev–Trinajstić information content (AvgIpc) is 2.30. The minimum Gasteiger partial charge on any atom is -0.0853 e. The van der Waals surface area contributed by atoms with Gasteiger partial charge in [-0.1, -0.05) is 62.2 Å². The van der Waals surface area contributed by atoms with Gasteiger partial charge in [0.05, 0.1) is 0 Å². The highest BCUT2D eigenvalue weighted by Gasteiger charge is 2.24. The van der Waals surface area contributed by atoms with Gasteiger partial charge in [-0.15, -0.1) is 0 Å². The van der Waals surface area contributed by atoms with Gasteiger partial charge in [-0.3, -0.25) is 0 Å². The second-order valence-electron chi connectivity index (χ2n) is 6.18. The first-order valence-electron chi connectivity index (χ1n) is 6.76. The maximum atomic E-state index is 5.54. The van der Waals surface area contributed by atoms with Crippen molar-refractivity contribution >= 4 is 11.6 Å². The lowest BCUT2D eigenvalue weighted by Crippen LogP contribution is -2.21. The smallest absolute Gasteiger partial charge is 0.0405 e. The zero-order valence-electron chi connectivity index (χ0n) is 12.0. The van der Waals surface area contributed by atoms with Crippen LogP contribution in [-0.4, -0.2) is 0 Å². The summed E-state index contributed by atoms with van der Waals surface area (Å²) in [6.45, 7) is 9.31. The summed E-state index contributed by atoms with van der Waals surface area (Å²) in [5.74, 6) is 0.909. The van der Waals surface area contributed by atoms with Gasteiger partial charge >= 0.3 is 0 Å². The molecule has 1 aromatic carbocycles. The molecule has 1 aliphatic rings. The van der Waals surface area contributed by atoms with Gasteiger partial charge in [0.2, 0.25) is 0 Å². The van der Waals surface area contributed by atoms with Gasteiger partial charge < -0.3 is 0 Å². The Labute approximate surface area is 117 Å². The molecule has 2 rings (SSSR count). The van der Waals surface area contributed by atoms with Crippen molar-refractivity contribution in [2.45, 2.75) is 47.0 Å². The minimum absolute atomic E-state index is 0.511. The first-order valence-corrected chi connectivity index (χ1v) is 7.13. The normalized spacial score (nSPS) is 19.6. The van der Waals surface area contributed by atoms with Crippen LogP contribution in [-0.2, 0) is 0 Å². The molecule has 18 heavy (non-hydrogen) atoms. The predicted molar refractivity (Wildman–Crippen MR) is 82.0 cm³/mol. The molecular formula is C17H25Cl. The van der Waals surface area contributed by atoms with Crippen LogP contribution >= 0.6 is 11.6 Å². The second kappa shape index (κ2) is 6.99. The van der Waals surface area contributed by atoms with E-state index in [-0.39, 0.29) is 0 Å². The van der Waals surface area contributed by atoms with Gasteiger partial charge in [0.25, 0.3) is 0 Å². The van der Waals surface area contributed by atoms with Crippen LogP contribution in [0.15, 0.2) is 42.0 Å². The maximum absolute atomic E-state index is 5.54. The molecule has 1 aliphatic carbocycles. The minimum atomic E-state index is 0.511. The third-order valence-electron chi connectivity index (χ3n) is 3.60. The van der Waals surface area contributed by atoms with Crippen molar-refractivity contribution in [1.82, 2.24) is 0 Å². The summed E-state index contributed by atoms with van der Waals surface area (Å²) in [6.07, 6.45) is 6.43. The molecule has 0 radical (unpaired) electrons. The Morgan fingerprint density at radius 3 is 2.06 bits per heavy atom. The van der Waals surface area contributed by atoms with E-state index < -0.39 is 0 Å². The van der Waals surface area contributed by atoms with E-state index >= 15 is 0 Å². The van der Waals surface area contributed by atoms with Gasteiger partial charge in [0, 0.05) is 5.02 Å². The Bertz CT molecular complexity index is 370. The Kier molecular flexibility index (Phi) is 5.95. The quantitative estimate of drug-likeness (QED) is 0.495. The average molecular weight is 265 g/mol. The summed E-state index contributed by atoms with van der Waals surface area (Å²) in [5, 5.41) is 0.794. The van der Waals surface area contributed by atoms with Crippen molar-refractivity contribution < 1.29 is 0 Å². The molecule has 0 saturated heterocycles. The van der Waals surface area contributed by atoms with Gasteiger partial charge in [0.1, 0.15) is 0 Å². The molecule has 100 valence electrons. The van der Waals surface area contributed by atoms with Gasteiger partial charge in [-0.2, -0.15) is 0 Å². The summed E-state index contributed by atoms with van der Waals surface area (Å²) in [4.78, 5) is 0. The molecule has 1 unspecified atom stereocenters. The van der Waals surface area contributed by atoms with Gasteiger partial charge in [-0.25, -0.2) is 0 Å². The van der Waals surface area contributed by atoms with E-state index in [0.717, 1.165) is 10.9 Å². The zero-order valence-corrected chi connectivity index (χ0v) is 12.8. The van der Waals surface area contributed by atoms with E-state index in [1.807, 2.05) is 30.3 Å². The highest BCUT2D eigenvalue weighted by Crippen LogP contribution is 2.36. The first kappa shape index (κ1) is 15.3. The fourth-order valence-corrected chi connectivity index (χ4v) is 2.31. The second-order valence-corrected chi connectivity index (χ2v) is 6.62. The molecule has 0 nitrogen and oxygen atoms in total. The van der Waals surface area contributed by atoms with E-state index in [2.05, 4.69) is 33.8 Å². The lowest BCUT2D eigenvalue weighted by molar-refractivity contribution is 0.221. The number of rotatable bonds is 0. The molecule has 1 heteroatoms. The SMILES string of the molecule is CC1=CCC(C(C)(C)C)CC1.Clc1ccccc1. The molecule has 0 spiro atoms. The van der Waals surface area contributed by atoms with Gasteiger partial charge in [0.15, 0.2) is 0 Å². The molecule has 0 fully saturated rings. The third kappa shape index (κ3) is 5.73. The monoisotopic (exact) mass is 264 g/mol. The number of halogens is 1. The molecule has 0 heterocycles. The van der Waals surface area contributed by atoms with Gasteiger partial charge in [-0.05, 0) is 49.7 Å². The number of benzene rings is 1. The van der Waals surface area contributed by atoms with E-state index in [1.54, 1.807) is 5.57 Å². The maximum Gasteiger partial charge on any atom is 0.0405 e. The van der Waals surface area contributed by atoms with E-state index in [1.165, 1.54) is 19.3 Å². The van der Waals surface area contributed by atoms with Crippen LogP contribution < -0.4 is 0 Å². The molecule has 0 amide bonds. The summed E-state index contributed by atoms with van der Waals surface area (Å²) >= 11 is 5.54. The van der Waals surface area contributed by atoms with E-state index in [9.17, 15) is 0 Å². The Balaban J connectivity index is 0.000000199. The van der Waals surface area contributed by atoms with Crippen LogP contribution in [0.5, 0.6) is 0 Å². The summed E-state index contributed by atoms with van der Waals surface area (Å²) in [5.41, 5.74) is 2.10. The van der Waals surface area contributed by atoms with Crippen molar-refractivity contribution in [2.75, 3.05) is 0 Å². The fourth-order valence-electron chi connectivity index (χ4n) is 2.17. The molecule has 0 N–H and O–H groups in total. The molecule has 0 bridgehead atoms. The van der Waals surface area contributed by atoms with Crippen molar-refractivity contribution in [3.63, 3.8) is 0 Å². The van der Waals surface area contributed by atoms with E-state index in [0.29, 0.717) is 5.41 Å². The predicted octanol–water partition coefficient (Wildman–Crippen LogP) is 6.12. The third-order valence-corrected chi connectivity index (χ3v) is 3.85. The number of hydrogen-bond acceptors (Lipinski definition) is 0. The molecule has 0 aliphatic heterocycles. The van der Waals surface area contributed by atoms with Crippen LogP contribution in [0, 0.1) is 11.3 Å². The first-order chi connectivity index (χ1) is 8.39. The highest BCUT2D eigenvalue weighted by atomic mass is 35.5. The van der Waals surface area contributed by atoms with Crippen molar-refractivity contribution in [3.05, 3.63) is 47.0 Å². The van der Waals surface area contributed by atoms with Crippen LogP contribution in [0.1, 0.15) is 47.0 Å². The Morgan fingerprint density at radius 2 is 1.72 bits per heavy atom. The molecular weight excluding hydrogens is 240 g/mol. The van der Waals surface area contributed by atoms with Crippen LogP contribution in [0.25, 0.3) is 0 Å². The van der Waals surface area contributed by atoms with Crippen molar-refractivity contribution in [1.29, 1.82) is 0 Å². The largest absolute Gasteiger partial charge is 0.0853 e. The number of hydrogen-bond donors (Lipinski definition) is 0. The lowest BCUT2D eigenvalue weighted by atomic mass is 9.73. The Hall–Kier alpha value is -0.750. The van der Waals surface area contributed by atoms with Crippen LogP contribution in [0.3, 0.4) is 0 Å². The topological polar surface area (TPSA) is 0 Å². The fraction of sp³-hybridized carbons (Fsp3) is 0.529. The number of allylic oxidation sites excluding steroid dienone is 2. The summed E-state index contributed by atoms with van der Waals surface area (Å²) in [6, 6.07) is 9.44. The Morgan fingerprint density at radius 1 is 1.11 bits per heavy atom. The highest BCUT2D eigenvalue weighted by molar-refractivity contribution is 6.30. The van der Waals surface area contributed by atoms with Crippen molar-refractivity contribution in [3.8, 4) is 0 Å². The molecule has 0 saturated carbocycles.